The van der Waals surface area contributed by atoms with Crippen molar-refractivity contribution in [2.24, 2.45) is 5.92 Å². The summed E-state index contributed by atoms with van der Waals surface area (Å²) in [6.45, 7) is 6.38. The smallest absolute Gasteiger partial charge is 0.325 e. The van der Waals surface area contributed by atoms with Crippen molar-refractivity contribution >= 4 is 34.0 Å². The highest BCUT2D eigenvalue weighted by Crippen LogP contribution is 2.31. The molecule has 0 spiro atoms. The monoisotopic (exact) mass is 442 g/mol. The molecule has 8 heteroatoms. The van der Waals surface area contributed by atoms with Crippen molar-refractivity contribution in [1.29, 1.82) is 0 Å². The summed E-state index contributed by atoms with van der Waals surface area (Å²) in [7, 11) is 0. The van der Waals surface area contributed by atoms with Gasteiger partial charge in [0.1, 0.15) is 0 Å². The molecule has 1 aliphatic heterocycles. The zero-order chi connectivity index (χ0) is 21.6. The molecule has 2 N–H and O–H groups in total. The predicted molar refractivity (Wildman–Crippen MR) is 123 cm³/mol. The first-order chi connectivity index (χ1) is 15.1. The molecular weight excluding hydrogens is 412 g/mol. The van der Waals surface area contributed by atoms with E-state index in [4.69, 9.17) is 4.74 Å². The summed E-state index contributed by atoms with van der Waals surface area (Å²) in [6, 6.07) is 5.22. The van der Waals surface area contributed by atoms with Crippen LogP contribution in [0.25, 0.3) is 0 Å². The maximum atomic E-state index is 13.0. The summed E-state index contributed by atoms with van der Waals surface area (Å²) in [5, 5.41) is 8.21. The maximum Gasteiger partial charge on any atom is 0.325 e. The van der Waals surface area contributed by atoms with Gasteiger partial charge in [0, 0.05) is 42.9 Å². The first kappa shape index (κ1) is 21.9. The van der Waals surface area contributed by atoms with Gasteiger partial charge in [-0.15, -0.1) is 11.3 Å². The zero-order valence-corrected chi connectivity index (χ0v) is 18.8. The van der Waals surface area contributed by atoms with Crippen LogP contribution in [-0.2, 0) is 11.2 Å². The Morgan fingerprint density at radius 3 is 2.74 bits per heavy atom. The predicted octanol–water partition coefficient (Wildman–Crippen LogP) is 4.34. The van der Waals surface area contributed by atoms with Crippen molar-refractivity contribution < 1.29 is 14.3 Å². The molecule has 0 bridgehead atoms. The number of nitrogens with one attached hydrogen (secondary N) is 2. The highest BCUT2D eigenvalue weighted by molar-refractivity contribution is 7.13. The molecule has 2 heterocycles. The lowest BCUT2D eigenvalue weighted by molar-refractivity contribution is 0.0383. The molecular formula is C23H30N4O3S. The Labute approximate surface area is 187 Å². The number of rotatable bonds is 7. The lowest BCUT2D eigenvalue weighted by Gasteiger charge is -2.26. The van der Waals surface area contributed by atoms with Crippen LogP contribution >= 0.6 is 11.3 Å². The number of amides is 2. The van der Waals surface area contributed by atoms with Gasteiger partial charge in [-0.2, -0.15) is 0 Å². The molecule has 0 radical (unpaired) electrons. The fraction of sp³-hybridized carbons (Fsp3) is 0.522. The van der Waals surface area contributed by atoms with Crippen molar-refractivity contribution in [2.75, 3.05) is 43.5 Å². The number of hydrogen-bond acceptors (Lipinski definition) is 6. The van der Waals surface area contributed by atoms with Gasteiger partial charge in [-0.05, 0) is 31.9 Å². The Morgan fingerprint density at radius 2 is 1.97 bits per heavy atom. The van der Waals surface area contributed by atoms with E-state index in [1.54, 1.807) is 0 Å². The van der Waals surface area contributed by atoms with E-state index in [2.05, 4.69) is 20.5 Å². The number of hydrogen-bond donors (Lipinski definition) is 2. The molecule has 1 saturated heterocycles. The molecule has 166 valence electrons. The number of anilines is 2. The van der Waals surface area contributed by atoms with Crippen molar-refractivity contribution in [1.82, 2.24) is 9.88 Å². The number of benzene rings is 1. The largest absolute Gasteiger partial charge is 0.379 e. The van der Waals surface area contributed by atoms with Crippen LogP contribution in [0.5, 0.6) is 0 Å². The van der Waals surface area contributed by atoms with Gasteiger partial charge in [0.05, 0.1) is 24.6 Å². The molecule has 2 fully saturated rings. The molecule has 1 aliphatic carbocycles. The average molecular weight is 443 g/mol. The van der Waals surface area contributed by atoms with Crippen molar-refractivity contribution in [3.63, 3.8) is 0 Å². The maximum absolute atomic E-state index is 13.0. The molecule has 2 aromatic rings. The van der Waals surface area contributed by atoms with Crippen LogP contribution in [-0.4, -0.2) is 54.5 Å². The van der Waals surface area contributed by atoms with Gasteiger partial charge in [-0.25, -0.2) is 9.78 Å². The number of morpholine rings is 1. The van der Waals surface area contributed by atoms with Gasteiger partial charge in [0.25, 0.3) is 0 Å². The molecule has 1 aromatic carbocycles. The average Bonchev–Trinajstić information content (AvgIpc) is 3.46. The Kier molecular flexibility index (Phi) is 7.32. The molecule has 1 saturated carbocycles. The number of ether oxygens (including phenoxy) is 1. The van der Waals surface area contributed by atoms with E-state index in [9.17, 15) is 9.59 Å². The minimum absolute atomic E-state index is 0.0680. The van der Waals surface area contributed by atoms with Gasteiger partial charge in [-0.3, -0.25) is 15.0 Å². The topological polar surface area (TPSA) is 83.6 Å². The summed E-state index contributed by atoms with van der Waals surface area (Å²) in [6.07, 6.45) is 4.92. The Hall–Kier alpha value is -2.29. The van der Waals surface area contributed by atoms with Crippen LogP contribution < -0.4 is 10.6 Å². The number of urea groups is 1. The third kappa shape index (κ3) is 5.90. The van der Waals surface area contributed by atoms with Crippen molar-refractivity contribution in [3.05, 3.63) is 40.4 Å². The van der Waals surface area contributed by atoms with Gasteiger partial charge >= 0.3 is 6.03 Å². The minimum Gasteiger partial charge on any atom is -0.379 e. The second-order valence-electron chi connectivity index (χ2n) is 8.32. The summed E-state index contributed by atoms with van der Waals surface area (Å²) in [5.41, 5.74) is 3.15. The van der Waals surface area contributed by atoms with E-state index in [-0.39, 0.29) is 17.7 Å². The molecule has 31 heavy (non-hydrogen) atoms. The van der Waals surface area contributed by atoms with Gasteiger partial charge in [-0.1, -0.05) is 24.5 Å². The van der Waals surface area contributed by atoms with E-state index in [1.807, 2.05) is 30.5 Å². The summed E-state index contributed by atoms with van der Waals surface area (Å²) in [4.78, 5) is 32.5. The van der Waals surface area contributed by atoms with Crippen LogP contribution in [0, 0.1) is 12.8 Å². The van der Waals surface area contributed by atoms with Crippen LogP contribution in [0.3, 0.4) is 0 Å². The number of aryl methyl sites for hydroxylation is 1. The van der Waals surface area contributed by atoms with Crippen molar-refractivity contribution in [3.8, 4) is 0 Å². The molecule has 0 atom stereocenters. The van der Waals surface area contributed by atoms with E-state index in [0.717, 1.165) is 76.2 Å². The SMILES string of the molecule is Cc1ccc(NC(=O)Nc2nc(CCN3CCOCC3)cs2)c(C(=O)C2CCCC2)c1. The molecule has 4 rings (SSSR count). The van der Waals surface area contributed by atoms with Gasteiger partial charge in [0.15, 0.2) is 10.9 Å². The summed E-state index contributed by atoms with van der Waals surface area (Å²) < 4.78 is 5.38. The number of ketones is 1. The lowest BCUT2D eigenvalue weighted by atomic mass is 9.94. The lowest BCUT2D eigenvalue weighted by Crippen LogP contribution is -2.37. The van der Waals surface area contributed by atoms with Crippen LogP contribution in [0.15, 0.2) is 23.6 Å². The van der Waals surface area contributed by atoms with Crippen LogP contribution in [0.1, 0.15) is 47.3 Å². The standard InChI is InChI=1S/C23H30N4O3S/c1-16-6-7-20(19(14-16)21(28)17-4-2-3-5-17)25-22(29)26-23-24-18(15-31-23)8-9-27-10-12-30-13-11-27/h6-7,14-15,17H,2-5,8-13H2,1H3,(H2,24,25,26,29). The van der Waals surface area contributed by atoms with E-state index in [0.29, 0.717) is 16.4 Å². The molecule has 1 aromatic heterocycles. The summed E-state index contributed by atoms with van der Waals surface area (Å²) >= 11 is 1.42. The fourth-order valence-corrected chi connectivity index (χ4v) is 4.95. The highest BCUT2D eigenvalue weighted by Gasteiger charge is 2.26. The van der Waals surface area contributed by atoms with E-state index < -0.39 is 0 Å². The quantitative estimate of drug-likeness (QED) is 0.623. The van der Waals surface area contributed by atoms with Crippen LogP contribution in [0.4, 0.5) is 15.6 Å². The fourth-order valence-electron chi connectivity index (χ4n) is 4.21. The number of aromatic nitrogens is 1. The molecule has 2 amide bonds. The van der Waals surface area contributed by atoms with Crippen LogP contribution in [0.2, 0.25) is 0 Å². The minimum atomic E-state index is -0.376. The number of thiazole rings is 1. The Morgan fingerprint density at radius 1 is 1.19 bits per heavy atom. The number of Topliss-reactive ketones (excluding diaryl/α,β-unsaturated/α-hetero) is 1. The molecule has 0 unspecified atom stereocenters. The third-order valence-electron chi connectivity index (χ3n) is 5.97. The molecule has 2 aliphatic rings. The molecule has 7 nitrogen and oxygen atoms in total. The summed E-state index contributed by atoms with van der Waals surface area (Å²) in [5.74, 6) is 0.203. The number of nitrogens with zero attached hydrogens (tertiary/aromatic N) is 2. The number of carbonyl (C=O) groups is 2. The highest BCUT2D eigenvalue weighted by atomic mass is 32.1. The Bertz CT molecular complexity index is 917. The second-order valence-corrected chi connectivity index (χ2v) is 9.18. The van der Waals surface area contributed by atoms with Gasteiger partial charge < -0.3 is 10.1 Å². The number of carbonyl (C=O) groups excluding carboxylic acids is 2. The van der Waals surface area contributed by atoms with E-state index in [1.165, 1.54) is 11.3 Å². The first-order valence-corrected chi connectivity index (χ1v) is 11.9. The first-order valence-electron chi connectivity index (χ1n) is 11.1. The van der Waals surface area contributed by atoms with Crippen molar-refractivity contribution in [2.45, 2.75) is 39.0 Å². The second kappa shape index (κ2) is 10.3. The zero-order valence-electron chi connectivity index (χ0n) is 18.0. The van der Waals surface area contributed by atoms with Gasteiger partial charge in [0.2, 0.25) is 0 Å². The Balaban J connectivity index is 1.34. The normalized spacial score (nSPS) is 17.6. The van der Waals surface area contributed by atoms with E-state index >= 15 is 0 Å². The third-order valence-corrected chi connectivity index (χ3v) is 6.78.